The molecule has 1 atom stereocenters. The van der Waals surface area contributed by atoms with Crippen LogP contribution < -0.4 is 0 Å². The molecule has 3 aromatic rings. The SMILES string of the molecule is OC(CCc1ccsc1)c1nc2ccccc2cc1Br. The van der Waals surface area contributed by atoms with Gasteiger partial charge in [-0.25, -0.2) is 4.98 Å². The third-order valence-electron chi connectivity index (χ3n) is 3.31. The highest BCUT2D eigenvalue weighted by atomic mass is 79.9. The van der Waals surface area contributed by atoms with Crippen molar-refractivity contribution in [1.82, 2.24) is 4.98 Å². The molecule has 1 aromatic carbocycles. The summed E-state index contributed by atoms with van der Waals surface area (Å²) >= 11 is 5.20. The van der Waals surface area contributed by atoms with Crippen LogP contribution in [-0.4, -0.2) is 10.1 Å². The fourth-order valence-corrected chi connectivity index (χ4v) is 3.52. The topological polar surface area (TPSA) is 33.1 Å². The van der Waals surface area contributed by atoms with Crippen LogP contribution in [0.5, 0.6) is 0 Å². The maximum atomic E-state index is 10.4. The van der Waals surface area contributed by atoms with Crippen LogP contribution in [0, 0.1) is 0 Å². The molecule has 0 amide bonds. The molecule has 0 saturated carbocycles. The van der Waals surface area contributed by atoms with Gasteiger partial charge in [0.25, 0.3) is 0 Å². The lowest BCUT2D eigenvalue weighted by Gasteiger charge is -2.12. The number of nitrogens with zero attached hydrogens (tertiary/aromatic N) is 1. The minimum absolute atomic E-state index is 0.547. The molecule has 2 nitrogen and oxygen atoms in total. The molecule has 1 unspecified atom stereocenters. The predicted molar refractivity (Wildman–Crippen MR) is 87.0 cm³/mol. The van der Waals surface area contributed by atoms with E-state index in [-0.39, 0.29) is 0 Å². The third kappa shape index (κ3) is 2.92. The number of aliphatic hydroxyl groups is 1. The number of hydrogen-bond donors (Lipinski definition) is 1. The van der Waals surface area contributed by atoms with E-state index in [1.54, 1.807) is 11.3 Å². The fraction of sp³-hybridized carbons (Fsp3) is 0.188. The summed E-state index contributed by atoms with van der Waals surface area (Å²) in [4.78, 5) is 4.58. The van der Waals surface area contributed by atoms with Crippen LogP contribution in [0.25, 0.3) is 10.9 Å². The van der Waals surface area contributed by atoms with Crippen molar-refractivity contribution < 1.29 is 5.11 Å². The van der Waals surface area contributed by atoms with Gasteiger partial charge in [-0.05, 0) is 63.3 Å². The number of halogens is 1. The van der Waals surface area contributed by atoms with Gasteiger partial charge in [0.05, 0.1) is 17.3 Å². The van der Waals surface area contributed by atoms with E-state index in [0.717, 1.165) is 27.5 Å². The molecule has 0 spiro atoms. The van der Waals surface area contributed by atoms with Crippen molar-refractivity contribution in [3.8, 4) is 0 Å². The third-order valence-corrected chi connectivity index (χ3v) is 4.67. The van der Waals surface area contributed by atoms with Crippen LogP contribution in [0.4, 0.5) is 0 Å². The summed E-state index contributed by atoms with van der Waals surface area (Å²) in [5.41, 5.74) is 2.91. The maximum absolute atomic E-state index is 10.4. The van der Waals surface area contributed by atoms with Gasteiger partial charge in [-0.3, -0.25) is 0 Å². The molecule has 2 aromatic heterocycles. The molecule has 0 aliphatic rings. The number of aliphatic hydroxyl groups excluding tert-OH is 1. The zero-order valence-corrected chi connectivity index (χ0v) is 13.2. The van der Waals surface area contributed by atoms with Crippen molar-refractivity contribution in [2.45, 2.75) is 18.9 Å². The largest absolute Gasteiger partial charge is 0.387 e. The van der Waals surface area contributed by atoms with E-state index in [1.165, 1.54) is 5.56 Å². The highest BCUT2D eigenvalue weighted by Gasteiger charge is 2.14. The van der Waals surface area contributed by atoms with E-state index in [9.17, 15) is 5.11 Å². The maximum Gasteiger partial charge on any atom is 0.0974 e. The van der Waals surface area contributed by atoms with Crippen LogP contribution >= 0.6 is 27.3 Å². The van der Waals surface area contributed by atoms with Gasteiger partial charge >= 0.3 is 0 Å². The number of aryl methyl sites for hydroxylation is 1. The second kappa shape index (κ2) is 6.04. The quantitative estimate of drug-likeness (QED) is 0.740. The first-order valence-electron chi connectivity index (χ1n) is 6.48. The zero-order valence-electron chi connectivity index (χ0n) is 10.8. The summed E-state index contributed by atoms with van der Waals surface area (Å²) in [7, 11) is 0. The van der Waals surface area contributed by atoms with Crippen molar-refractivity contribution in [3.63, 3.8) is 0 Å². The Hall–Kier alpha value is -1.23. The molecule has 0 fully saturated rings. The van der Waals surface area contributed by atoms with E-state index in [4.69, 9.17) is 0 Å². The Balaban J connectivity index is 1.83. The van der Waals surface area contributed by atoms with Gasteiger partial charge in [-0.2, -0.15) is 11.3 Å². The summed E-state index contributed by atoms with van der Waals surface area (Å²) < 4.78 is 0.869. The van der Waals surface area contributed by atoms with Crippen LogP contribution in [-0.2, 0) is 6.42 Å². The normalized spacial score (nSPS) is 12.7. The van der Waals surface area contributed by atoms with Gasteiger partial charge in [0, 0.05) is 9.86 Å². The van der Waals surface area contributed by atoms with Crippen molar-refractivity contribution in [3.05, 3.63) is 62.9 Å². The lowest BCUT2D eigenvalue weighted by Crippen LogP contribution is -2.03. The number of thiophene rings is 1. The molecule has 0 aliphatic heterocycles. The molecule has 0 bridgehead atoms. The Morgan fingerprint density at radius 1 is 1.25 bits per heavy atom. The molecular formula is C16H14BrNOS. The van der Waals surface area contributed by atoms with Crippen LogP contribution in [0.1, 0.15) is 23.8 Å². The summed E-state index contributed by atoms with van der Waals surface area (Å²) in [5, 5.41) is 15.6. The number of pyridine rings is 1. The Morgan fingerprint density at radius 3 is 2.90 bits per heavy atom. The number of aromatic nitrogens is 1. The molecule has 4 heteroatoms. The number of para-hydroxylation sites is 1. The lowest BCUT2D eigenvalue weighted by atomic mass is 10.1. The van der Waals surface area contributed by atoms with E-state index in [0.29, 0.717) is 6.42 Å². The zero-order chi connectivity index (χ0) is 13.9. The molecule has 0 saturated heterocycles. The summed E-state index contributed by atoms with van der Waals surface area (Å²) in [5.74, 6) is 0. The van der Waals surface area contributed by atoms with Crippen molar-refractivity contribution in [2.75, 3.05) is 0 Å². The van der Waals surface area contributed by atoms with Gasteiger partial charge in [-0.1, -0.05) is 18.2 Å². The number of rotatable bonds is 4. The van der Waals surface area contributed by atoms with Crippen LogP contribution in [0.15, 0.2) is 51.6 Å². The highest BCUT2D eigenvalue weighted by molar-refractivity contribution is 9.10. The minimum Gasteiger partial charge on any atom is -0.387 e. The molecule has 0 radical (unpaired) electrons. The highest BCUT2D eigenvalue weighted by Crippen LogP contribution is 2.28. The molecule has 2 heterocycles. The monoisotopic (exact) mass is 347 g/mol. The summed E-state index contributed by atoms with van der Waals surface area (Å²) in [6.07, 6.45) is 1.00. The van der Waals surface area contributed by atoms with E-state index >= 15 is 0 Å². The Kier molecular flexibility index (Phi) is 4.15. The first kappa shape index (κ1) is 13.7. The standard InChI is InChI=1S/C16H14BrNOS/c17-13-9-12-3-1-2-4-14(12)18-16(13)15(19)6-5-11-7-8-20-10-11/h1-4,7-10,15,19H,5-6H2. The lowest BCUT2D eigenvalue weighted by molar-refractivity contribution is 0.162. The number of fused-ring (bicyclic) bond motifs is 1. The van der Waals surface area contributed by atoms with Crippen LogP contribution in [0.3, 0.4) is 0 Å². The van der Waals surface area contributed by atoms with Gasteiger partial charge < -0.3 is 5.11 Å². The summed E-state index contributed by atoms with van der Waals surface area (Å²) in [6, 6.07) is 12.1. The molecular weight excluding hydrogens is 334 g/mol. The van der Waals surface area contributed by atoms with Gasteiger partial charge in [0.15, 0.2) is 0 Å². The molecule has 20 heavy (non-hydrogen) atoms. The number of benzene rings is 1. The number of hydrogen-bond acceptors (Lipinski definition) is 3. The Bertz CT molecular complexity index is 712. The van der Waals surface area contributed by atoms with E-state index in [1.807, 2.05) is 30.3 Å². The van der Waals surface area contributed by atoms with Crippen molar-refractivity contribution in [2.24, 2.45) is 0 Å². The Morgan fingerprint density at radius 2 is 2.10 bits per heavy atom. The van der Waals surface area contributed by atoms with Gasteiger partial charge in [0.1, 0.15) is 0 Å². The fourth-order valence-electron chi connectivity index (χ4n) is 2.21. The average molecular weight is 348 g/mol. The molecule has 102 valence electrons. The molecule has 1 N–H and O–H groups in total. The first-order valence-corrected chi connectivity index (χ1v) is 8.22. The van der Waals surface area contributed by atoms with E-state index in [2.05, 4.69) is 37.7 Å². The van der Waals surface area contributed by atoms with E-state index < -0.39 is 6.10 Å². The first-order chi connectivity index (χ1) is 9.74. The Labute approximate surface area is 130 Å². The second-order valence-corrected chi connectivity index (χ2v) is 6.37. The molecule has 0 aliphatic carbocycles. The van der Waals surface area contributed by atoms with Crippen molar-refractivity contribution in [1.29, 1.82) is 0 Å². The summed E-state index contributed by atoms with van der Waals surface area (Å²) in [6.45, 7) is 0. The van der Waals surface area contributed by atoms with Gasteiger partial charge in [0.2, 0.25) is 0 Å². The molecule has 3 rings (SSSR count). The van der Waals surface area contributed by atoms with Crippen LogP contribution in [0.2, 0.25) is 0 Å². The smallest absolute Gasteiger partial charge is 0.0974 e. The predicted octanol–water partition coefficient (Wildman–Crippen LogP) is 4.73. The van der Waals surface area contributed by atoms with Crippen molar-refractivity contribution >= 4 is 38.2 Å². The van der Waals surface area contributed by atoms with Gasteiger partial charge in [-0.15, -0.1) is 0 Å². The minimum atomic E-state index is -0.547. The average Bonchev–Trinajstić information content (AvgIpc) is 2.97. The second-order valence-electron chi connectivity index (χ2n) is 4.73.